The van der Waals surface area contributed by atoms with Crippen LogP contribution in [0.15, 0.2) is 24.3 Å². The van der Waals surface area contributed by atoms with Crippen LogP contribution in [-0.4, -0.2) is 11.1 Å². The van der Waals surface area contributed by atoms with E-state index in [-0.39, 0.29) is 5.92 Å². The van der Waals surface area contributed by atoms with Crippen molar-refractivity contribution < 1.29 is 9.90 Å². The maximum absolute atomic E-state index is 11.3. The number of carbonyl (C=O) groups is 1. The van der Waals surface area contributed by atoms with Crippen LogP contribution in [0.25, 0.3) is 0 Å². The van der Waals surface area contributed by atoms with Crippen LogP contribution in [0.5, 0.6) is 0 Å². The number of benzene rings is 1. The summed E-state index contributed by atoms with van der Waals surface area (Å²) in [6.07, 6.45) is 5.61. The van der Waals surface area contributed by atoms with Gasteiger partial charge in [0.1, 0.15) is 0 Å². The first-order valence-electron chi connectivity index (χ1n) is 6.15. The number of halogens is 1. The highest BCUT2D eigenvalue weighted by molar-refractivity contribution is 6.30. The van der Waals surface area contributed by atoms with Gasteiger partial charge in [-0.3, -0.25) is 4.79 Å². The first-order valence-corrected chi connectivity index (χ1v) is 6.53. The first-order chi connectivity index (χ1) is 8.16. The van der Waals surface area contributed by atoms with Crippen molar-refractivity contribution in [3.63, 3.8) is 0 Å². The molecule has 0 radical (unpaired) electrons. The van der Waals surface area contributed by atoms with E-state index in [9.17, 15) is 9.90 Å². The lowest BCUT2D eigenvalue weighted by Crippen LogP contribution is -2.15. The second-order valence-corrected chi connectivity index (χ2v) is 5.26. The summed E-state index contributed by atoms with van der Waals surface area (Å²) in [7, 11) is 0. The molecule has 0 spiro atoms. The van der Waals surface area contributed by atoms with E-state index in [2.05, 4.69) is 0 Å². The summed E-state index contributed by atoms with van der Waals surface area (Å²) >= 11 is 5.82. The van der Waals surface area contributed by atoms with E-state index in [0.29, 0.717) is 10.9 Å². The fourth-order valence-electron chi connectivity index (χ4n) is 2.65. The molecule has 2 nitrogen and oxygen atoms in total. The Labute approximate surface area is 107 Å². The molecule has 0 bridgehead atoms. The summed E-state index contributed by atoms with van der Waals surface area (Å²) in [5, 5.41) is 9.97. The highest BCUT2D eigenvalue weighted by Gasteiger charge is 2.26. The van der Waals surface area contributed by atoms with Gasteiger partial charge in [0.15, 0.2) is 0 Å². The average Bonchev–Trinajstić information content (AvgIpc) is 2.80. The largest absolute Gasteiger partial charge is 0.481 e. The number of rotatable bonds is 4. The standard InChI is InChI=1S/C14H17ClO2/c15-12-7-5-11(6-8-12)13(14(16)17)9-10-3-1-2-4-10/h5-8,10,13H,1-4,9H2,(H,16,17). The summed E-state index contributed by atoms with van der Waals surface area (Å²) in [6.45, 7) is 0. The fraction of sp³-hybridized carbons (Fsp3) is 0.500. The quantitative estimate of drug-likeness (QED) is 0.876. The third-order valence-corrected chi connectivity index (χ3v) is 3.87. The number of aliphatic carboxylic acids is 1. The number of carboxylic acids is 1. The van der Waals surface area contributed by atoms with Crippen molar-refractivity contribution in [1.29, 1.82) is 0 Å². The monoisotopic (exact) mass is 252 g/mol. The Morgan fingerprint density at radius 1 is 1.29 bits per heavy atom. The Bertz CT molecular complexity index is 380. The van der Waals surface area contributed by atoms with Crippen LogP contribution in [0.1, 0.15) is 43.6 Å². The predicted molar refractivity (Wildman–Crippen MR) is 68.4 cm³/mol. The van der Waals surface area contributed by atoms with Crippen molar-refractivity contribution in [3.05, 3.63) is 34.9 Å². The van der Waals surface area contributed by atoms with Gasteiger partial charge in [0.25, 0.3) is 0 Å². The molecule has 0 heterocycles. The molecule has 0 amide bonds. The Balaban J connectivity index is 2.10. The highest BCUT2D eigenvalue weighted by Crippen LogP contribution is 2.34. The van der Waals surface area contributed by atoms with E-state index in [0.717, 1.165) is 12.0 Å². The Hall–Kier alpha value is -1.02. The van der Waals surface area contributed by atoms with Gasteiger partial charge in [0.05, 0.1) is 5.92 Å². The fourth-order valence-corrected chi connectivity index (χ4v) is 2.78. The van der Waals surface area contributed by atoms with Crippen LogP contribution in [-0.2, 0) is 4.79 Å². The van der Waals surface area contributed by atoms with E-state index in [1.165, 1.54) is 25.7 Å². The van der Waals surface area contributed by atoms with Crippen molar-refractivity contribution in [2.75, 3.05) is 0 Å². The number of hydrogen-bond donors (Lipinski definition) is 1. The van der Waals surface area contributed by atoms with Crippen molar-refractivity contribution in [2.45, 2.75) is 38.0 Å². The maximum atomic E-state index is 11.3. The van der Waals surface area contributed by atoms with Crippen LogP contribution in [0.2, 0.25) is 5.02 Å². The Morgan fingerprint density at radius 3 is 2.41 bits per heavy atom. The van der Waals surface area contributed by atoms with Gasteiger partial charge in [-0.25, -0.2) is 0 Å². The van der Waals surface area contributed by atoms with Gasteiger partial charge in [-0.15, -0.1) is 0 Å². The molecule has 2 rings (SSSR count). The molecular weight excluding hydrogens is 236 g/mol. The Kier molecular flexibility index (Phi) is 4.06. The maximum Gasteiger partial charge on any atom is 0.310 e. The molecule has 1 aromatic carbocycles. The molecule has 1 aliphatic carbocycles. The molecule has 1 fully saturated rings. The molecule has 0 aliphatic heterocycles. The smallest absolute Gasteiger partial charge is 0.310 e. The molecule has 1 saturated carbocycles. The van der Waals surface area contributed by atoms with E-state index >= 15 is 0 Å². The summed E-state index contributed by atoms with van der Waals surface area (Å²) in [5.41, 5.74) is 0.869. The SMILES string of the molecule is O=C(O)C(CC1CCCC1)c1ccc(Cl)cc1. The molecule has 1 N–H and O–H groups in total. The molecule has 17 heavy (non-hydrogen) atoms. The second kappa shape index (κ2) is 5.54. The molecular formula is C14H17ClO2. The molecule has 92 valence electrons. The van der Waals surface area contributed by atoms with Crippen LogP contribution in [0.4, 0.5) is 0 Å². The van der Waals surface area contributed by atoms with E-state index in [1.54, 1.807) is 12.1 Å². The number of hydrogen-bond acceptors (Lipinski definition) is 1. The molecule has 1 atom stereocenters. The zero-order valence-corrected chi connectivity index (χ0v) is 10.5. The van der Waals surface area contributed by atoms with Crippen molar-refractivity contribution >= 4 is 17.6 Å². The van der Waals surface area contributed by atoms with E-state index < -0.39 is 5.97 Å². The minimum Gasteiger partial charge on any atom is -0.481 e. The molecule has 3 heteroatoms. The minimum absolute atomic E-state index is 0.379. The van der Waals surface area contributed by atoms with E-state index in [4.69, 9.17) is 11.6 Å². The molecule has 0 aromatic heterocycles. The molecule has 1 aliphatic rings. The lowest BCUT2D eigenvalue weighted by atomic mass is 9.88. The topological polar surface area (TPSA) is 37.3 Å². The normalized spacial score (nSPS) is 18.2. The third-order valence-electron chi connectivity index (χ3n) is 3.61. The van der Waals surface area contributed by atoms with Gasteiger partial charge in [-0.05, 0) is 30.0 Å². The second-order valence-electron chi connectivity index (χ2n) is 4.83. The van der Waals surface area contributed by atoms with Gasteiger partial charge < -0.3 is 5.11 Å². The first kappa shape index (κ1) is 12.4. The minimum atomic E-state index is -0.723. The van der Waals surface area contributed by atoms with Crippen LogP contribution in [0.3, 0.4) is 0 Å². The molecule has 1 unspecified atom stereocenters. The average molecular weight is 253 g/mol. The lowest BCUT2D eigenvalue weighted by Gasteiger charge is -2.17. The molecule has 1 aromatic rings. The van der Waals surface area contributed by atoms with E-state index in [1.807, 2.05) is 12.1 Å². The third kappa shape index (κ3) is 3.22. The van der Waals surface area contributed by atoms with Gasteiger partial charge in [0, 0.05) is 5.02 Å². The van der Waals surface area contributed by atoms with Crippen LogP contribution in [0, 0.1) is 5.92 Å². The van der Waals surface area contributed by atoms with Crippen molar-refractivity contribution in [2.24, 2.45) is 5.92 Å². The lowest BCUT2D eigenvalue weighted by molar-refractivity contribution is -0.139. The zero-order valence-electron chi connectivity index (χ0n) is 9.73. The number of carboxylic acid groups (broad SMARTS) is 1. The van der Waals surface area contributed by atoms with Gasteiger partial charge in [0.2, 0.25) is 0 Å². The molecule has 0 saturated heterocycles. The van der Waals surface area contributed by atoms with Crippen LogP contribution >= 0.6 is 11.6 Å². The summed E-state index contributed by atoms with van der Waals surface area (Å²) < 4.78 is 0. The van der Waals surface area contributed by atoms with Gasteiger partial charge in [-0.2, -0.15) is 0 Å². The zero-order chi connectivity index (χ0) is 12.3. The predicted octanol–water partition coefficient (Wildman–Crippen LogP) is 4.09. The van der Waals surface area contributed by atoms with Crippen molar-refractivity contribution in [1.82, 2.24) is 0 Å². The summed E-state index contributed by atoms with van der Waals surface area (Å²) in [5.74, 6) is -0.527. The van der Waals surface area contributed by atoms with Gasteiger partial charge >= 0.3 is 5.97 Å². The van der Waals surface area contributed by atoms with Gasteiger partial charge in [-0.1, -0.05) is 49.4 Å². The highest BCUT2D eigenvalue weighted by atomic mass is 35.5. The summed E-state index contributed by atoms with van der Waals surface area (Å²) in [6, 6.07) is 7.19. The Morgan fingerprint density at radius 2 is 1.88 bits per heavy atom. The van der Waals surface area contributed by atoms with Crippen molar-refractivity contribution in [3.8, 4) is 0 Å². The van der Waals surface area contributed by atoms with Crippen LogP contribution < -0.4 is 0 Å². The summed E-state index contributed by atoms with van der Waals surface area (Å²) in [4.78, 5) is 11.3.